The predicted molar refractivity (Wildman–Crippen MR) is 121 cm³/mol. The molecule has 4 aromatic rings. The van der Waals surface area contributed by atoms with Crippen LogP contribution in [0, 0.1) is 0 Å². The molecule has 0 fully saturated rings. The van der Waals surface area contributed by atoms with Crippen molar-refractivity contribution in [3.63, 3.8) is 0 Å². The summed E-state index contributed by atoms with van der Waals surface area (Å²) in [6.45, 7) is 2.86. The van der Waals surface area contributed by atoms with Crippen LogP contribution in [-0.4, -0.2) is 22.6 Å². The van der Waals surface area contributed by atoms with Crippen LogP contribution in [0.3, 0.4) is 0 Å². The van der Waals surface area contributed by atoms with E-state index in [0.717, 1.165) is 58.1 Å². The van der Waals surface area contributed by atoms with E-state index >= 15 is 0 Å². The number of para-hydroxylation sites is 1. The van der Waals surface area contributed by atoms with Gasteiger partial charge in [-0.1, -0.05) is 36.4 Å². The van der Waals surface area contributed by atoms with Crippen molar-refractivity contribution < 1.29 is 0 Å². The summed E-state index contributed by atoms with van der Waals surface area (Å²) in [5.41, 5.74) is 10.8. The second-order valence-electron chi connectivity index (χ2n) is 7.26. The minimum absolute atomic E-state index is 0. The maximum Gasteiger partial charge on any atom is 0.259 e. The number of hydrogen-bond donors (Lipinski definition) is 2. The highest BCUT2D eigenvalue weighted by atomic mass is 35.5. The number of benzene rings is 2. The van der Waals surface area contributed by atoms with Crippen LogP contribution in [0.4, 0.5) is 0 Å². The molecule has 3 N–H and O–H groups in total. The molecule has 2 aromatic carbocycles. The minimum atomic E-state index is 0. The molecule has 0 saturated heterocycles. The Hall–Kier alpha value is -2.73. The lowest BCUT2D eigenvalue weighted by Gasteiger charge is -2.13. The Labute approximate surface area is 175 Å². The summed E-state index contributed by atoms with van der Waals surface area (Å²) >= 11 is 0. The second-order valence-corrected chi connectivity index (χ2v) is 7.26. The Kier molecular flexibility index (Phi) is 5.37. The van der Waals surface area contributed by atoms with E-state index in [2.05, 4.69) is 17.4 Å². The van der Waals surface area contributed by atoms with E-state index in [0.29, 0.717) is 13.1 Å². The first-order valence-corrected chi connectivity index (χ1v) is 9.72. The zero-order chi connectivity index (χ0) is 19.1. The number of aromatic nitrogens is 2. The third kappa shape index (κ3) is 3.21. The van der Waals surface area contributed by atoms with Crippen molar-refractivity contribution >= 4 is 34.1 Å². The van der Waals surface area contributed by atoms with Gasteiger partial charge >= 0.3 is 0 Å². The molecule has 0 aliphatic carbocycles. The van der Waals surface area contributed by atoms with E-state index in [-0.39, 0.29) is 18.0 Å². The van der Waals surface area contributed by atoms with Crippen molar-refractivity contribution in [1.82, 2.24) is 14.9 Å². The van der Waals surface area contributed by atoms with Crippen molar-refractivity contribution in [3.05, 3.63) is 76.1 Å². The molecule has 5 rings (SSSR count). The first-order valence-electron chi connectivity index (χ1n) is 9.72. The van der Waals surface area contributed by atoms with E-state index in [1.807, 2.05) is 47.0 Å². The highest BCUT2D eigenvalue weighted by Gasteiger charge is 2.26. The van der Waals surface area contributed by atoms with E-state index in [1.165, 1.54) is 5.56 Å². The van der Waals surface area contributed by atoms with E-state index in [1.54, 1.807) is 0 Å². The van der Waals surface area contributed by atoms with Gasteiger partial charge in [-0.25, -0.2) is 4.98 Å². The summed E-state index contributed by atoms with van der Waals surface area (Å²) < 4.78 is 1.86. The number of pyridine rings is 2. The highest BCUT2D eigenvalue weighted by Crippen LogP contribution is 2.36. The summed E-state index contributed by atoms with van der Waals surface area (Å²) in [6.07, 6.45) is 0.941. The van der Waals surface area contributed by atoms with Gasteiger partial charge in [-0.3, -0.25) is 4.79 Å². The Morgan fingerprint density at radius 2 is 1.83 bits per heavy atom. The molecule has 0 atom stereocenters. The van der Waals surface area contributed by atoms with Gasteiger partial charge in [0.05, 0.1) is 23.4 Å². The van der Waals surface area contributed by atoms with Gasteiger partial charge in [0.15, 0.2) is 0 Å². The Morgan fingerprint density at radius 3 is 2.66 bits per heavy atom. The number of rotatable bonds is 5. The molecule has 148 valence electrons. The fourth-order valence-electron chi connectivity index (χ4n) is 4.15. The largest absolute Gasteiger partial charge is 0.330 e. The molecule has 29 heavy (non-hydrogen) atoms. The standard InChI is InChI=1S/C23H22N4O.ClH/c24-10-5-11-25-13-18-17-8-3-4-9-20(17)26-22-19(18)14-27-21(22)12-15-6-1-2-7-16(15)23(27)28;/h1-4,6-9,12,25H,5,10-11,13-14,24H2;1H. The molecule has 0 saturated carbocycles. The highest BCUT2D eigenvalue weighted by molar-refractivity contribution is 5.91. The Balaban J connectivity index is 0.00000205. The smallest absolute Gasteiger partial charge is 0.259 e. The predicted octanol–water partition coefficient (Wildman–Crippen LogP) is 3.44. The van der Waals surface area contributed by atoms with Gasteiger partial charge < -0.3 is 15.6 Å². The molecule has 1 aliphatic heterocycles. The van der Waals surface area contributed by atoms with Gasteiger partial charge in [-0.2, -0.15) is 0 Å². The van der Waals surface area contributed by atoms with Gasteiger partial charge in [0.1, 0.15) is 0 Å². The molecule has 5 nitrogen and oxygen atoms in total. The molecule has 2 aromatic heterocycles. The normalized spacial score (nSPS) is 12.0. The Morgan fingerprint density at radius 1 is 1.07 bits per heavy atom. The number of nitrogens with two attached hydrogens (primary N) is 1. The molecule has 3 heterocycles. The van der Waals surface area contributed by atoms with Crippen molar-refractivity contribution in [2.75, 3.05) is 13.1 Å². The first-order chi connectivity index (χ1) is 13.8. The lowest BCUT2D eigenvalue weighted by molar-refractivity contribution is 0.652. The van der Waals surface area contributed by atoms with Crippen LogP contribution in [0.15, 0.2) is 59.4 Å². The average Bonchev–Trinajstić information content (AvgIpc) is 3.09. The van der Waals surface area contributed by atoms with Crippen LogP contribution >= 0.6 is 12.4 Å². The maximum atomic E-state index is 13.1. The summed E-state index contributed by atoms with van der Waals surface area (Å²) in [6, 6.07) is 18.1. The summed E-state index contributed by atoms with van der Waals surface area (Å²) in [7, 11) is 0. The van der Waals surface area contributed by atoms with Crippen LogP contribution in [0.1, 0.15) is 17.5 Å². The third-order valence-corrected chi connectivity index (χ3v) is 5.55. The lowest BCUT2D eigenvalue weighted by Crippen LogP contribution is -2.20. The lowest BCUT2D eigenvalue weighted by atomic mass is 10.00. The number of nitrogens with zero attached hydrogens (tertiary/aromatic N) is 2. The topological polar surface area (TPSA) is 72.9 Å². The molecule has 6 heteroatoms. The third-order valence-electron chi connectivity index (χ3n) is 5.55. The first kappa shape index (κ1) is 19.6. The van der Waals surface area contributed by atoms with Crippen molar-refractivity contribution in [2.45, 2.75) is 19.5 Å². The summed E-state index contributed by atoms with van der Waals surface area (Å²) in [5, 5.41) is 6.37. The quantitative estimate of drug-likeness (QED) is 0.438. The molecule has 0 amide bonds. The van der Waals surface area contributed by atoms with Crippen LogP contribution in [0.5, 0.6) is 0 Å². The molecular weight excluding hydrogens is 384 g/mol. The fourth-order valence-corrected chi connectivity index (χ4v) is 4.15. The van der Waals surface area contributed by atoms with Gasteiger partial charge in [-0.15, -0.1) is 12.4 Å². The number of nitrogens with one attached hydrogen (secondary N) is 1. The van der Waals surface area contributed by atoms with E-state index in [4.69, 9.17) is 10.7 Å². The summed E-state index contributed by atoms with van der Waals surface area (Å²) in [4.78, 5) is 18.0. The van der Waals surface area contributed by atoms with Gasteiger partial charge in [-0.05, 0) is 48.7 Å². The maximum absolute atomic E-state index is 13.1. The van der Waals surface area contributed by atoms with Gasteiger partial charge in [0, 0.05) is 22.9 Å². The van der Waals surface area contributed by atoms with Crippen LogP contribution in [0.25, 0.3) is 33.1 Å². The average molecular weight is 407 g/mol. The van der Waals surface area contributed by atoms with Crippen molar-refractivity contribution in [2.24, 2.45) is 5.73 Å². The van der Waals surface area contributed by atoms with Crippen LogP contribution in [0.2, 0.25) is 0 Å². The van der Waals surface area contributed by atoms with Crippen LogP contribution in [-0.2, 0) is 13.1 Å². The molecular formula is C23H23ClN4O. The summed E-state index contributed by atoms with van der Waals surface area (Å²) in [5.74, 6) is 0. The minimum Gasteiger partial charge on any atom is -0.330 e. The van der Waals surface area contributed by atoms with E-state index in [9.17, 15) is 4.79 Å². The number of hydrogen-bond acceptors (Lipinski definition) is 4. The monoisotopic (exact) mass is 406 g/mol. The molecule has 0 radical (unpaired) electrons. The van der Waals surface area contributed by atoms with Gasteiger partial charge in [0.2, 0.25) is 0 Å². The fraction of sp³-hybridized carbons (Fsp3) is 0.217. The number of halogens is 1. The SMILES string of the molecule is Cl.NCCCNCc1c2c(nc3ccccc13)-c1cc3ccccc3c(=O)n1C2. The van der Waals surface area contributed by atoms with Crippen LogP contribution < -0.4 is 16.6 Å². The van der Waals surface area contributed by atoms with E-state index < -0.39 is 0 Å². The van der Waals surface area contributed by atoms with Crippen molar-refractivity contribution in [1.29, 1.82) is 0 Å². The Bertz CT molecular complexity index is 1270. The van der Waals surface area contributed by atoms with Gasteiger partial charge in [0.25, 0.3) is 5.56 Å². The number of fused-ring (bicyclic) bond motifs is 5. The molecule has 0 bridgehead atoms. The zero-order valence-electron chi connectivity index (χ0n) is 16.0. The molecule has 1 aliphatic rings. The second kappa shape index (κ2) is 7.95. The van der Waals surface area contributed by atoms with Crippen molar-refractivity contribution in [3.8, 4) is 11.4 Å². The molecule has 0 spiro atoms. The zero-order valence-corrected chi connectivity index (χ0v) is 16.8. The molecule has 0 unspecified atom stereocenters.